The van der Waals surface area contributed by atoms with Crippen molar-refractivity contribution in [3.63, 3.8) is 0 Å². The van der Waals surface area contributed by atoms with Crippen molar-refractivity contribution < 1.29 is 0 Å². The molecule has 0 atom stereocenters. The quantitative estimate of drug-likeness (QED) is 0.760. The third-order valence-electron chi connectivity index (χ3n) is 2.51. The Morgan fingerprint density at radius 3 is 2.12 bits per heavy atom. The number of hydrogen-bond donors (Lipinski definition) is 1. The van der Waals surface area contributed by atoms with Crippen LogP contribution >= 0.6 is 0 Å². The van der Waals surface area contributed by atoms with Crippen LogP contribution in [0.1, 0.15) is 22.4 Å². The minimum atomic E-state index is 0.472. The van der Waals surface area contributed by atoms with E-state index in [2.05, 4.69) is 4.98 Å². The highest BCUT2D eigenvalue weighted by molar-refractivity contribution is 6.09. The van der Waals surface area contributed by atoms with Crippen molar-refractivity contribution in [3.05, 3.63) is 65.0 Å². The molecule has 16 heavy (non-hydrogen) atoms. The van der Waals surface area contributed by atoms with Crippen molar-refractivity contribution in [2.75, 3.05) is 0 Å². The first-order valence-corrected chi connectivity index (χ1v) is 5.25. The smallest absolute Gasteiger partial charge is 0.0885 e. The van der Waals surface area contributed by atoms with E-state index in [0.29, 0.717) is 5.71 Å². The SMILES string of the molecule is Cc1ccc(C(=N)c2ccc(C)cn2)cc1. The Hall–Kier alpha value is -1.96. The van der Waals surface area contributed by atoms with Crippen LogP contribution in [0.2, 0.25) is 0 Å². The zero-order valence-electron chi connectivity index (χ0n) is 9.49. The number of aromatic nitrogens is 1. The lowest BCUT2D eigenvalue weighted by atomic mass is 10.1. The van der Waals surface area contributed by atoms with Gasteiger partial charge in [-0.05, 0) is 25.5 Å². The first-order valence-electron chi connectivity index (χ1n) is 5.25. The number of pyridine rings is 1. The number of rotatable bonds is 2. The first-order chi connectivity index (χ1) is 7.66. The van der Waals surface area contributed by atoms with Crippen molar-refractivity contribution in [2.24, 2.45) is 0 Å². The summed E-state index contributed by atoms with van der Waals surface area (Å²) < 4.78 is 0. The monoisotopic (exact) mass is 210 g/mol. The summed E-state index contributed by atoms with van der Waals surface area (Å²) in [6, 6.07) is 11.8. The Balaban J connectivity index is 2.32. The zero-order valence-corrected chi connectivity index (χ0v) is 9.49. The fourth-order valence-electron chi connectivity index (χ4n) is 1.48. The summed E-state index contributed by atoms with van der Waals surface area (Å²) in [6.07, 6.45) is 1.79. The van der Waals surface area contributed by atoms with E-state index in [0.717, 1.165) is 16.8 Å². The van der Waals surface area contributed by atoms with Crippen LogP contribution in [0.4, 0.5) is 0 Å². The second-order valence-electron chi connectivity index (χ2n) is 3.96. The molecule has 0 saturated heterocycles. The van der Waals surface area contributed by atoms with Gasteiger partial charge >= 0.3 is 0 Å². The number of nitrogens with zero attached hydrogens (tertiary/aromatic N) is 1. The lowest BCUT2D eigenvalue weighted by Crippen LogP contribution is -2.03. The van der Waals surface area contributed by atoms with Crippen LogP contribution in [-0.4, -0.2) is 10.7 Å². The van der Waals surface area contributed by atoms with Crippen molar-refractivity contribution in [3.8, 4) is 0 Å². The van der Waals surface area contributed by atoms with Crippen LogP contribution in [0.3, 0.4) is 0 Å². The van der Waals surface area contributed by atoms with Gasteiger partial charge in [-0.3, -0.25) is 10.4 Å². The molecule has 0 aliphatic rings. The maximum absolute atomic E-state index is 8.05. The molecule has 0 radical (unpaired) electrons. The lowest BCUT2D eigenvalue weighted by molar-refractivity contribution is 1.23. The molecule has 0 saturated carbocycles. The van der Waals surface area contributed by atoms with E-state index in [1.54, 1.807) is 6.20 Å². The molecule has 1 aromatic heterocycles. The molecule has 0 bridgehead atoms. The van der Waals surface area contributed by atoms with Gasteiger partial charge in [-0.15, -0.1) is 0 Å². The predicted molar refractivity (Wildman–Crippen MR) is 66.1 cm³/mol. The molecule has 0 spiro atoms. The fourth-order valence-corrected chi connectivity index (χ4v) is 1.48. The first kappa shape index (κ1) is 10.6. The molecule has 1 heterocycles. The molecule has 80 valence electrons. The number of aryl methyl sites for hydroxylation is 2. The molecule has 0 aliphatic heterocycles. The molecule has 2 heteroatoms. The largest absolute Gasteiger partial charge is 0.298 e. The fraction of sp³-hybridized carbons (Fsp3) is 0.143. The molecule has 1 N–H and O–H groups in total. The third kappa shape index (κ3) is 2.16. The maximum atomic E-state index is 8.05. The normalized spacial score (nSPS) is 10.1. The Bertz CT molecular complexity index is 448. The van der Waals surface area contributed by atoms with E-state index in [9.17, 15) is 0 Å². The summed E-state index contributed by atoms with van der Waals surface area (Å²) >= 11 is 0. The van der Waals surface area contributed by atoms with Crippen LogP contribution in [0, 0.1) is 19.3 Å². The van der Waals surface area contributed by atoms with Gasteiger partial charge in [-0.25, -0.2) is 0 Å². The molecule has 2 nitrogen and oxygen atoms in total. The van der Waals surface area contributed by atoms with Gasteiger partial charge in [0.15, 0.2) is 0 Å². The van der Waals surface area contributed by atoms with E-state index < -0.39 is 0 Å². The summed E-state index contributed by atoms with van der Waals surface area (Å²) in [6.45, 7) is 4.03. The topological polar surface area (TPSA) is 36.7 Å². The van der Waals surface area contributed by atoms with E-state index in [1.807, 2.05) is 50.2 Å². The second-order valence-corrected chi connectivity index (χ2v) is 3.96. The van der Waals surface area contributed by atoms with Crippen molar-refractivity contribution in [1.82, 2.24) is 4.98 Å². The summed E-state index contributed by atoms with van der Waals surface area (Å²) in [4.78, 5) is 4.25. The minimum absolute atomic E-state index is 0.472. The minimum Gasteiger partial charge on any atom is -0.298 e. The summed E-state index contributed by atoms with van der Waals surface area (Å²) in [5.74, 6) is 0. The highest BCUT2D eigenvalue weighted by Crippen LogP contribution is 2.09. The molecular weight excluding hydrogens is 196 g/mol. The summed E-state index contributed by atoms with van der Waals surface area (Å²) in [5, 5.41) is 8.05. The second kappa shape index (κ2) is 4.27. The van der Waals surface area contributed by atoms with Gasteiger partial charge in [-0.1, -0.05) is 35.9 Å². The van der Waals surface area contributed by atoms with Gasteiger partial charge in [-0.2, -0.15) is 0 Å². The average molecular weight is 210 g/mol. The van der Waals surface area contributed by atoms with Gasteiger partial charge in [0.25, 0.3) is 0 Å². The number of benzene rings is 1. The van der Waals surface area contributed by atoms with Gasteiger partial charge in [0.05, 0.1) is 11.4 Å². The van der Waals surface area contributed by atoms with Crippen molar-refractivity contribution in [1.29, 1.82) is 5.41 Å². The third-order valence-corrected chi connectivity index (χ3v) is 2.51. The van der Waals surface area contributed by atoms with Gasteiger partial charge in [0.1, 0.15) is 0 Å². The van der Waals surface area contributed by atoms with Crippen molar-refractivity contribution >= 4 is 5.71 Å². The Morgan fingerprint density at radius 1 is 0.938 bits per heavy atom. The summed E-state index contributed by atoms with van der Waals surface area (Å²) in [5.41, 5.74) is 4.41. The van der Waals surface area contributed by atoms with Crippen LogP contribution in [0.5, 0.6) is 0 Å². The van der Waals surface area contributed by atoms with Gasteiger partial charge in [0, 0.05) is 11.8 Å². The number of hydrogen-bond acceptors (Lipinski definition) is 2. The Morgan fingerprint density at radius 2 is 1.56 bits per heavy atom. The van der Waals surface area contributed by atoms with E-state index in [4.69, 9.17) is 5.41 Å². The van der Waals surface area contributed by atoms with E-state index in [1.165, 1.54) is 5.56 Å². The molecular formula is C14H14N2. The Kier molecular flexibility index (Phi) is 2.82. The molecule has 0 unspecified atom stereocenters. The molecule has 2 rings (SSSR count). The van der Waals surface area contributed by atoms with Crippen LogP contribution < -0.4 is 0 Å². The lowest BCUT2D eigenvalue weighted by Gasteiger charge is -2.04. The maximum Gasteiger partial charge on any atom is 0.0885 e. The number of nitrogens with one attached hydrogen (secondary N) is 1. The van der Waals surface area contributed by atoms with E-state index in [-0.39, 0.29) is 0 Å². The highest BCUT2D eigenvalue weighted by atomic mass is 14.7. The standard InChI is InChI=1S/C14H14N2/c1-10-3-6-12(7-4-10)14(15)13-8-5-11(2)9-16-13/h3-9,15H,1-2H3. The molecule has 0 fully saturated rings. The highest BCUT2D eigenvalue weighted by Gasteiger charge is 2.04. The van der Waals surface area contributed by atoms with Crippen LogP contribution in [0.25, 0.3) is 0 Å². The molecule has 0 amide bonds. The average Bonchev–Trinajstić information content (AvgIpc) is 2.30. The molecule has 1 aromatic carbocycles. The van der Waals surface area contributed by atoms with Crippen molar-refractivity contribution in [2.45, 2.75) is 13.8 Å². The molecule has 0 aliphatic carbocycles. The zero-order chi connectivity index (χ0) is 11.5. The summed E-state index contributed by atoms with van der Waals surface area (Å²) in [7, 11) is 0. The van der Waals surface area contributed by atoms with E-state index >= 15 is 0 Å². The van der Waals surface area contributed by atoms with Crippen LogP contribution in [0.15, 0.2) is 42.6 Å². The molecule has 2 aromatic rings. The van der Waals surface area contributed by atoms with Gasteiger partial charge < -0.3 is 0 Å². The predicted octanol–water partition coefficient (Wildman–Crippen LogP) is 3.11. The van der Waals surface area contributed by atoms with Gasteiger partial charge in [0.2, 0.25) is 0 Å². The van der Waals surface area contributed by atoms with Crippen LogP contribution in [-0.2, 0) is 0 Å². The Labute approximate surface area is 95.5 Å².